The van der Waals surface area contributed by atoms with E-state index in [-0.39, 0.29) is 5.78 Å². The number of benzene rings is 2. The largest absolute Gasteiger partial charge is 0.398 e. The topological polar surface area (TPSA) is 43.1 Å². The molecule has 0 saturated heterocycles. The molecule has 0 aliphatic rings. The van der Waals surface area contributed by atoms with Crippen LogP contribution in [-0.4, -0.2) is 5.78 Å². The van der Waals surface area contributed by atoms with Crippen molar-refractivity contribution in [1.82, 2.24) is 0 Å². The number of rotatable bonds is 2. The first-order valence-corrected chi connectivity index (χ1v) is 5.21. The van der Waals surface area contributed by atoms with Gasteiger partial charge in [0.1, 0.15) is 0 Å². The molecule has 2 N–H and O–H groups in total. The summed E-state index contributed by atoms with van der Waals surface area (Å²) in [6, 6.07) is 13.9. The molecule has 16 heavy (non-hydrogen) atoms. The summed E-state index contributed by atoms with van der Waals surface area (Å²) in [4.78, 5) is 12.1. The van der Waals surface area contributed by atoms with Crippen LogP contribution in [0.1, 0.15) is 15.9 Å². The zero-order chi connectivity index (χ0) is 11.5. The second-order valence-corrected chi connectivity index (χ2v) is 3.86. The molecular formula is C13H10ClNO. The lowest BCUT2D eigenvalue weighted by atomic mass is 10.2. The zero-order valence-electron chi connectivity index (χ0n) is 8.48. The minimum absolute atomic E-state index is 0.111. The Morgan fingerprint density at radius 1 is 1.06 bits per heavy atom. The molecule has 3 heteroatoms. The molecule has 2 nitrogen and oxygen atoms in total. The van der Waals surface area contributed by atoms with E-state index in [2.05, 4.69) is 0 Å². The summed E-state index contributed by atoms with van der Waals surface area (Å²) in [5.41, 5.74) is 7.24. The molecule has 0 spiro atoms. The van der Waals surface area contributed by atoms with Crippen LogP contribution in [0.2, 0.25) is 5.02 Å². The molecule has 0 aliphatic heterocycles. The molecule has 0 fully saturated rings. The first-order chi connectivity index (χ1) is 7.68. The van der Waals surface area contributed by atoms with E-state index in [1.54, 1.807) is 30.3 Å². The van der Waals surface area contributed by atoms with Gasteiger partial charge in [-0.1, -0.05) is 41.9 Å². The Kier molecular flexibility index (Phi) is 2.93. The Bertz CT molecular complexity index is 523. The number of hydrogen-bond acceptors (Lipinski definition) is 2. The predicted octanol–water partition coefficient (Wildman–Crippen LogP) is 3.15. The molecule has 0 aliphatic carbocycles. The van der Waals surface area contributed by atoms with E-state index in [1.165, 1.54) is 0 Å². The molecule has 0 unspecified atom stereocenters. The van der Waals surface area contributed by atoms with Crippen LogP contribution in [0, 0.1) is 0 Å². The lowest BCUT2D eigenvalue weighted by Gasteiger charge is -2.05. The van der Waals surface area contributed by atoms with Crippen molar-refractivity contribution in [3.63, 3.8) is 0 Å². The number of halogens is 1. The number of nitrogen functional groups attached to an aromatic ring is 1. The monoisotopic (exact) mass is 233 g/mol. The molecule has 0 radical (unpaired) electrons. The van der Waals surface area contributed by atoms with Crippen LogP contribution in [0.15, 0.2) is 48.5 Å². The average Bonchev–Trinajstić information content (AvgIpc) is 2.32. The SMILES string of the molecule is Nc1ccc(Cl)cc1[14C](=O)c1ccccc1. The molecule has 0 heterocycles. The lowest BCUT2D eigenvalue weighted by molar-refractivity contribution is 0.103. The van der Waals surface area contributed by atoms with E-state index in [9.17, 15) is 4.79 Å². The van der Waals surface area contributed by atoms with Gasteiger partial charge >= 0.3 is 0 Å². The second-order valence-electron chi connectivity index (χ2n) is 3.43. The van der Waals surface area contributed by atoms with Gasteiger partial charge in [0.15, 0.2) is 5.78 Å². The first kappa shape index (κ1) is 10.7. The number of ketones is 1. The van der Waals surface area contributed by atoms with E-state index < -0.39 is 0 Å². The van der Waals surface area contributed by atoms with Gasteiger partial charge < -0.3 is 5.73 Å². The van der Waals surface area contributed by atoms with Crippen molar-refractivity contribution in [2.75, 3.05) is 5.73 Å². The summed E-state index contributed by atoms with van der Waals surface area (Å²) < 4.78 is 0. The second kappa shape index (κ2) is 4.37. The molecular weight excluding hydrogens is 224 g/mol. The maximum Gasteiger partial charge on any atom is 0.195 e. The number of hydrogen-bond donors (Lipinski definition) is 1. The fraction of sp³-hybridized carbons (Fsp3) is 0. The highest BCUT2D eigenvalue weighted by Crippen LogP contribution is 2.20. The summed E-state index contributed by atoms with van der Waals surface area (Å²) >= 11 is 5.84. The van der Waals surface area contributed by atoms with Crippen molar-refractivity contribution in [2.24, 2.45) is 0 Å². The Morgan fingerprint density at radius 2 is 1.75 bits per heavy atom. The van der Waals surface area contributed by atoms with Gasteiger partial charge in [-0.25, -0.2) is 0 Å². The summed E-state index contributed by atoms with van der Waals surface area (Å²) in [6.45, 7) is 0. The Morgan fingerprint density at radius 3 is 2.44 bits per heavy atom. The van der Waals surface area contributed by atoms with Crippen LogP contribution < -0.4 is 5.73 Å². The summed E-state index contributed by atoms with van der Waals surface area (Å²) in [5.74, 6) is -0.111. The van der Waals surface area contributed by atoms with E-state index in [4.69, 9.17) is 17.3 Å². The highest BCUT2D eigenvalue weighted by molar-refractivity contribution is 6.31. The molecule has 0 atom stereocenters. The van der Waals surface area contributed by atoms with Gasteiger partial charge in [0.25, 0.3) is 0 Å². The molecule has 0 saturated carbocycles. The molecule has 0 bridgehead atoms. The van der Waals surface area contributed by atoms with Crippen molar-refractivity contribution in [3.05, 3.63) is 64.7 Å². The summed E-state index contributed by atoms with van der Waals surface area (Å²) in [7, 11) is 0. The highest BCUT2D eigenvalue weighted by atomic mass is 35.5. The standard InChI is InChI=1S/C13H10ClNO/c14-10-6-7-12(15)11(8-10)13(16)9-4-2-1-3-5-9/h1-8H,15H2/i13+2. The molecule has 0 amide bonds. The Balaban J connectivity index is 2.46. The van der Waals surface area contributed by atoms with Crippen molar-refractivity contribution in [2.45, 2.75) is 0 Å². The molecule has 2 rings (SSSR count). The Labute approximate surface area is 98.7 Å². The smallest absolute Gasteiger partial charge is 0.195 e. The molecule has 2 aromatic rings. The summed E-state index contributed by atoms with van der Waals surface area (Å²) in [5, 5.41) is 0.508. The predicted molar refractivity (Wildman–Crippen MR) is 65.7 cm³/mol. The van der Waals surface area contributed by atoms with E-state index in [0.717, 1.165) is 0 Å². The quantitative estimate of drug-likeness (QED) is 0.640. The minimum atomic E-state index is -0.111. The molecule has 80 valence electrons. The van der Waals surface area contributed by atoms with Crippen LogP contribution in [-0.2, 0) is 0 Å². The lowest BCUT2D eigenvalue weighted by Crippen LogP contribution is -2.04. The van der Waals surface area contributed by atoms with Crippen molar-refractivity contribution < 1.29 is 4.79 Å². The maximum absolute atomic E-state index is 12.1. The van der Waals surface area contributed by atoms with Gasteiger partial charge in [-0.05, 0) is 18.2 Å². The number of nitrogens with two attached hydrogens (primary N) is 1. The Hall–Kier alpha value is -1.80. The van der Waals surface area contributed by atoms with Crippen molar-refractivity contribution in [3.8, 4) is 0 Å². The van der Waals surface area contributed by atoms with Crippen molar-refractivity contribution >= 4 is 23.1 Å². The molecule has 0 aromatic heterocycles. The van der Waals surface area contributed by atoms with Gasteiger partial charge in [-0.3, -0.25) is 4.79 Å². The maximum atomic E-state index is 12.1. The fourth-order valence-electron chi connectivity index (χ4n) is 1.47. The highest BCUT2D eigenvalue weighted by Gasteiger charge is 2.12. The van der Waals surface area contributed by atoms with E-state index in [1.807, 2.05) is 18.2 Å². The normalized spacial score (nSPS) is 10.1. The third-order valence-corrected chi connectivity index (χ3v) is 2.53. The van der Waals surface area contributed by atoms with Crippen LogP contribution in [0.3, 0.4) is 0 Å². The third kappa shape index (κ3) is 2.07. The van der Waals surface area contributed by atoms with Crippen molar-refractivity contribution in [1.29, 1.82) is 0 Å². The van der Waals surface area contributed by atoms with Gasteiger partial charge in [0.05, 0.1) is 0 Å². The third-order valence-electron chi connectivity index (χ3n) is 2.30. The minimum Gasteiger partial charge on any atom is -0.398 e. The number of anilines is 1. The van der Waals surface area contributed by atoms with Crippen LogP contribution in [0.25, 0.3) is 0 Å². The van der Waals surface area contributed by atoms with Crippen LogP contribution in [0.5, 0.6) is 0 Å². The first-order valence-electron chi connectivity index (χ1n) is 4.83. The number of carbonyl (C=O) groups excluding carboxylic acids is 1. The summed E-state index contributed by atoms with van der Waals surface area (Å²) in [6.07, 6.45) is 0. The zero-order valence-corrected chi connectivity index (χ0v) is 9.24. The van der Waals surface area contributed by atoms with Gasteiger partial charge in [0.2, 0.25) is 0 Å². The van der Waals surface area contributed by atoms with Gasteiger partial charge in [-0.2, -0.15) is 0 Å². The van der Waals surface area contributed by atoms with Gasteiger partial charge in [0, 0.05) is 21.8 Å². The van der Waals surface area contributed by atoms with Crippen LogP contribution >= 0.6 is 11.6 Å². The fourth-order valence-corrected chi connectivity index (χ4v) is 1.64. The number of carbonyl (C=O) groups is 1. The average molecular weight is 234 g/mol. The van der Waals surface area contributed by atoms with E-state index >= 15 is 0 Å². The van der Waals surface area contributed by atoms with Gasteiger partial charge in [-0.15, -0.1) is 0 Å². The van der Waals surface area contributed by atoms with Crippen LogP contribution in [0.4, 0.5) is 5.69 Å². The van der Waals surface area contributed by atoms with E-state index in [0.29, 0.717) is 21.8 Å². The molecule has 2 aromatic carbocycles.